The molecule has 0 spiro atoms. The van der Waals surface area contributed by atoms with Crippen LogP contribution in [0.25, 0.3) is 0 Å². The number of piperazine rings is 1. The van der Waals surface area contributed by atoms with Crippen LogP contribution < -0.4 is 4.90 Å². The van der Waals surface area contributed by atoms with Crippen LogP contribution in [0.2, 0.25) is 0 Å². The molecule has 9 heteroatoms. The fraction of sp³-hybridized carbons (Fsp3) is 0.409. The van der Waals surface area contributed by atoms with E-state index < -0.39 is 15.8 Å². The van der Waals surface area contributed by atoms with Crippen LogP contribution in [0.15, 0.2) is 58.3 Å². The van der Waals surface area contributed by atoms with E-state index in [1.54, 1.807) is 11.8 Å². The third kappa shape index (κ3) is 4.79. The Labute approximate surface area is 187 Å². The predicted molar refractivity (Wildman–Crippen MR) is 120 cm³/mol. The summed E-state index contributed by atoms with van der Waals surface area (Å²) in [6.07, 6.45) is 0.916. The Kier molecular flexibility index (Phi) is 6.66. The van der Waals surface area contributed by atoms with Gasteiger partial charge in [0.1, 0.15) is 10.7 Å². The Balaban J connectivity index is 1.40. The lowest BCUT2D eigenvalue weighted by molar-refractivity contribution is -0.120. The first-order valence-electron chi connectivity index (χ1n) is 10.4. The second-order valence-corrected chi connectivity index (χ2v) is 11.2. The normalized spacial score (nSPS) is 20.8. The van der Waals surface area contributed by atoms with Gasteiger partial charge in [0.05, 0.1) is 12.2 Å². The van der Waals surface area contributed by atoms with Crippen LogP contribution in [0.3, 0.4) is 0 Å². The number of halogens is 1. The van der Waals surface area contributed by atoms with Gasteiger partial charge >= 0.3 is 0 Å². The second kappa shape index (κ2) is 9.28. The molecule has 166 valence electrons. The summed E-state index contributed by atoms with van der Waals surface area (Å²) >= 11 is 1.79. The number of para-hydroxylation sites is 1. The topological polar surface area (TPSA) is 60.9 Å². The molecule has 0 aliphatic carbocycles. The van der Waals surface area contributed by atoms with Crippen molar-refractivity contribution in [3.05, 3.63) is 54.3 Å². The van der Waals surface area contributed by atoms with Crippen molar-refractivity contribution in [2.45, 2.75) is 28.4 Å². The first-order valence-corrected chi connectivity index (χ1v) is 12.7. The molecular formula is C22H26FN3O3S2. The average molecular weight is 464 g/mol. The Morgan fingerprint density at radius 1 is 1.03 bits per heavy atom. The minimum Gasteiger partial charge on any atom is -0.310 e. The highest BCUT2D eigenvalue weighted by molar-refractivity contribution is 8.00. The van der Waals surface area contributed by atoms with Crippen molar-refractivity contribution in [2.24, 2.45) is 0 Å². The molecule has 2 aromatic rings. The molecule has 1 atom stereocenters. The van der Waals surface area contributed by atoms with Gasteiger partial charge in [-0.3, -0.25) is 9.69 Å². The molecule has 1 amide bonds. The Hall–Kier alpha value is -1.94. The van der Waals surface area contributed by atoms with Crippen LogP contribution in [-0.4, -0.2) is 68.0 Å². The van der Waals surface area contributed by atoms with Gasteiger partial charge in [-0.2, -0.15) is 4.31 Å². The van der Waals surface area contributed by atoms with Crippen molar-refractivity contribution in [2.75, 3.05) is 44.2 Å². The first-order chi connectivity index (χ1) is 14.9. The van der Waals surface area contributed by atoms with Crippen molar-refractivity contribution in [1.29, 1.82) is 0 Å². The molecule has 31 heavy (non-hydrogen) atoms. The molecule has 1 saturated heterocycles. The van der Waals surface area contributed by atoms with Gasteiger partial charge in [-0.05, 0) is 30.7 Å². The van der Waals surface area contributed by atoms with Crippen LogP contribution in [0.4, 0.5) is 10.1 Å². The van der Waals surface area contributed by atoms with E-state index in [4.69, 9.17) is 0 Å². The van der Waals surface area contributed by atoms with Crippen molar-refractivity contribution in [1.82, 2.24) is 9.21 Å². The van der Waals surface area contributed by atoms with E-state index in [2.05, 4.69) is 13.0 Å². The molecule has 0 bridgehead atoms. The highest BCUT2D eigenvalue weighted by atomic mass is 32.2. The third-order valence-corrected chi connectivity index (χ3v) is 8.86. The van der Waals surface area contributed by atoms with Crippen LogP contribution in [-0.2, 0) is 14.8 Å². The van der Waals surface area contributed by atoms with E-state index in [1.807, 2.05) is 28.0 Å². The van der Waals surface area contributed by atoms with Gasteiger partial charge in [0, 0.05) is 42.9 Å². The highest BCUT2D eigenvalue weighted by Gasteiger charge is 2.32. The van der Waals surface area contributed by atoms with Gasteiger partial charge in [-0.25, -0.2) is 12.8 Å². The number of rotatable bonds is 4. The Bertz CT molecular complexity index is 1060. The largest absolute Gasteiger partial charge is 0.310 e. The third-order valence-electron chi connectivity index (χ3n) is 5.69. The Morgan fingerprint density at radius 2 is 1.71 bits per heavy atom. The highest BCUT2D eigenvalue weighted by Crippen LogP contribution is 2.37. The molecule has 0 aromatic heterocycles. The van der Waals surface area contributed by atoms with Crippen LogP contribution in [0, 0.1) is 5.82 Å². The van der Waals surface area contributed by atoms with Crippen molar-refractivity contribution in [3.8, 4) is 0 Å². The number of anilines is 1. The van der Waals surface area contributed by atoms with Crippen molar-refractivity contribution >= 4 is 33.4 Å². The zero-order valence-electron chi connectivity index (χ0n) is 17.4. The van der Waals surface area contributed by atoms with E-state index in [9.17, 15) is 17.6 Å². The number of hydrogen-bond donors (Lipinski definition) is 0. The number of thioether (sulfide) groups is 1. The fourth-order valence-corrected chi connectivity index (χ4v) is 6.54. The van der Waals surface area contributed by atoms with Crippen LogP contribution in [0.5, 0.6) is 0 Å². The van der Waals surface area contributed by atoms with Gasteiger partial charge < -0.3 is 4.90 Å². The lowest BCUT2D eigenvalue weighted by Gasteiger charge is -2.34. The maximum absolute atomic E-state index is 14.0. The summed E-state index contributed by atoms with van der Waals surface area (Å²) < 4.78 is 40.9. The number of carbonyl (C=O) groups excluding carboxylic acids is 1. The van der Waals surface area contributed by atoms with E-state index in [-0.39, 0.29) is 30.4 Å². The number of fused-ring (bicyclic) bond motifs is 1. The minimum atomic E-state index is -3.88. The van der Waals surface area contributed by atoms with E-state index >= 15 is 0 Å². The molecule has 4 rings (SSSR count). The number of sulfonamides is 1. The predicted octanol–water partition coefficient (Wildman–Crippen LogP) is 3.05. The van der Waals surface area contributed by atoms with Gasteiger partial charge in [0.2, 0.25) is 15.9 Å². The zero-order valence-corrected chi connectivity index (χ0v) is 19.0. The number of carbonyl (C=O) groups is 1. The fourth-order valence-electron chi connectivity index (χ4n) is 3.94. The summed E-state index contributed by atoms with van der Waals surface area (Å²) in [5.41, 5.74) is 0.947. The molecule has 2 aliphatic heterocycles. The molecule has 6 nitrogen and oxygen atoms in total. The quantitative estimate of drug-likeness (QED) is 0.698. The number of amides is 1. The minimum absolute atomic E-state index is 0.0209. The second-order valence-electron chi connectivity index (χ2n) is 7.84. The standard InChI is InChI=1S/C22H26FN3O3S2/c1-17-10-11-26(19-7-3-4-8-20(19)30-17)22(27)16-24-12-14-25(15-13-24)31(28,29)21-9-5-2-6-18(21)23/h2-9,17H,10-16H2,1H3/t17-/m0/s1. The maximum atomic E-state index is 14.0. The summed E-state index contributed by atoms with van der Waals surface area (Å²) in [7, 11) is -3.88. The van der Waals surface area contributed by atoms with E-state index in [1.165, 1.54) is 22.5 Å². The zero-order chi connectivity index (χ0) is 22.0. The monoisotopic (exact) mass is 463 g/mol. The summed E-state index contributed by atoms with van der Waals surface area (Å²) in [6.45, 7) is 4.40. The summed E-state index contributed by atoms with van der Waals surface area (Å²) in [4.78, 5) is 17.8. The molecule has 1 fully saturated rings. The molecule has 0 N–H and O–H groups in total. The molecule has 2 aliphatic rings. The van der Waals surface area contributed by atoms with Crippen molar-refractivity contribution in [3.63, 3.8) is 0 Å². The molecule has 0 unspecified atom stereocenters. The van der Waals surface area contributed by atoms with Crippen molar-refractivity contribution < 1.29 is 17.6 Å². The number of benzene rings is 2. The summed E-state index contributed by atoms with van der Waals surface area (Å²) in [5.74, 6) is -0.723. The molecule has 0 radical (unpaired) electrons. The molecule has 0 saturated carbocycles. The lowest BCUT2D eigenvalue weighted by Crippen LogP contribution is -2.51. The van der Waals surface area contributed by atoms with E-state index in [0.29, 0.717) is 24.9 Å². The maximum Gasteiger partial charge on any atom is 0.246 e. The molecule has 2 aromatic carbocycles. The summed E-state index contributed by atoms with van der Waals surface area (Å²) in [6, 6.07) is 13.4. The molecule has 2 heterocycles. The summed E-state index contributed by atoms with van der Waals surface area (Å²) in [5, 5.41) is 0.436. The smallest absolute Gasteiger partial charge is 0.246 e. The van der Waals surface area contributed by atoms with Gasteiger partial charge in [0.15, 0.2) is 0 Å². The van der Waals surface area contributed by atoms with Gasteiger partial charge in [-0.15, -0.1) is 11.8 Å². The van der Waals surface area contributed by atoms with Gasteiger partial charge in [-0.1, -0.05) is 31.2 Å². The SMILES string of the molecule is C[C@H]1CCN(C(=O)CN2CCN(S(=O)(=O)c3ccccc3F)CC2)c2ccccc2S1. The molecular weight excluding hydrogens is 437 g/mol. The average Bonchev–Trinajstić information content (AvgIpc) is 2.92. The van der Waals surface area contributed by atoms with Gasteiger partial charge in [0.25, 0.3) is 0 Å². The van der Waals surface area contributed by atoms with Crippen LogP contribution in [0.1, 0.15) is 13.3 Å². The number of nitrogens with zero attached hydrogens (tertiary/aromatic N) is 3. The van der Waals surface area contributed by atoms with Crippen LogP contribution >= 0.6 is 11.8 Å². The Morgan fingerprint density at radius 3 is 2.45 bits per heavy atom. The first kappa shape index (κ1) is 22.3. The lowest BCUT2D eigenvalue weighted by atomic mass is 10.2. The van der Waals surface area contributed by atoms with E-state index in [0.717, 1.165) is 23.1 Å². The number of hydrogen-bond acceptors (Lipinski definition) is 5.